The zero-order valence-electron chi connectivity index (χ0n) is 27.7. The summed E-state index contributed by atoms with van der Waals surface area (Å²) in [6.07, 6.45) is 23.6. The van der Waals surface area contributed by atoms with E-state index in [2.05, 4.69) is 184 Å². The summed E-state index contributed by atoms with van der Waals surface area (Å²) in [6, 6.07) is 28.9. The van der Waals surface area contributed by atoms with E-state index in [-0.39, 0.29) is 0 Å². The Hall–Kier alpha value is -5.60. The molecule has 0 bridgehead atoms. The predicted octanol–water partition coefficient (Wildman–Crippen LogP) is 11.6. The first-order valence-corrected chi connectivity index (χ1v) is 16.4. The fourth-order valence-corrected chi connectivity index (χ4v) is 8.01. The van der Waals surface area contributed by atoms with Gasteiger partial charge in [-0.3, -0.25) is 0 Å². The molecule has 1 atom stereocenters. The number of aryl methyl sites for hydroxylation is 1. The quantitative estimate of drug-likeness (QED) is 0.170. The lowest BCUT2D eigenvalue weighted by atomic mass is 9.69. The highest BCUT2D eigenvalue weighted by Gasteiger charge is 2.54. The van der Waals surface area contributed by atoms with Gasteiger partial charge in [0.05, 0.1) is 22.0 Å². The van der Waals surface area contributed by atoms with E-state index in [0.29, 0.717) is 0 Å². The van der Waals surface area contributed by atoms with Gasteiger partial charge in [0.25, 0.3) is 0 Å². The molecule has 2 heteroatoms. The number of benzene rings is 3. The maximum Gasteiger partial charge on any atom is 0.0748 e. The molecule has 1 spiro atoms. The van der Waals surface area contributed by atoms with Crippen molar-refractivity contribution in [3.63, 3.8) is 0 Å². The second-order valence-corrected chi connectivity index (χ2v) is 12.1. The average molecular weight is 609 g/mol. The van der Waals surface area contributed by atoms with Gasteiger partial charge in [0, 0.05) is 23.8 Å². The summed E-state index contributed by atoms with van der Waals surface area (Å²) in [7, 11) is 2.20. The molecule has 0 radical (unpaired) electrons. The number of rotatable bonds is 6. The Balaban J connectivity index is 1.63. The lowest BCUT2D eigenvalue weighted by Crippen LogP contribution is -2.26. The van der Waals surface area contributed by atoms with Crippen LogP contribution >= 0.6 is 0 Å². The first-order chi connectivity index (χ1) is 23.1. The molecule has 230 valence electrons. The largest absolute Gasteiger partial charge is 0.342 e. The Labute approximate surface area is 278 Å². The van der Waals surface area contributed by atoms with Crippen LogP contribution in [0.15, 0.2) is 164 Å². The van der Waals surface area contributed by atoms with Crippen LogP contribution in [0.25, 0.3) is 44.9 Å². The molecule has 0 amide bonds. The van der Waals surface area contributed by atoms with Gasteiger partial charge in [-0.25, -0.2) is 0 Å². The van der Waals surface area contributed by atoms with Crippen LogP contribution in [0, 0.1) is 0 Å². The van der Waals surface area contributed by atoms with Gasteiger partial charge < -0.3 is 9.13 Å². The van der Waals surface area contributed by atoms with Crippen molar-refractivity contribution >= 4 is 44.9 Å². The molecule has 0 saturated heterocycles. The maximum absolute atomic E-state index is 4.19. The molecule has 5 aromatic rings. The molecule has 2 nitrogen and oxygen atoms in total. The van der Waals surface area contributed by atoms with E-state index < -0.39 is 5.41 Å². The Bertz CT molecular complexity index is 2310. The van der Waals surface area contributed by atoms with Crippen molar-refractivity contribution < 1.29 is 0 Å². The third kappa shape index (κ3) is 4.25. The van der Waals surface area contributed by atoms with Gasteiger partial charge in [-0.05, 0) is 95.7 Å². The molecular weight excluding hydrogens is 569 g/mol. The van der Waals surface area contributed by atoms with E-state index in [9.17, 15) is 0 Å². The van der Waals surface area contributed by atoms with Crippen LogP contribution in [0.4, 0.5) is 0 Å². The molecule has 0 aliphatic heterocycles. The first kappa shape index (κ1) is 30.1. The fraction of sp³-hybridized carbons (Fsp3) is 0.111. The van der Waals surface area contributed by atoms with Gasteiger partial charge >= 0.3 is 0 Å². The van der Waals surface area contributed by atoms with Crippen molar-refractivity contribution in [3.8, 4) is 0 Å². The Morgan fingerprint density at radius 1 is 0.723 bits per heavy atom. The molecule has 0 fully saturated rings. The SMILES string of the molecule is C=C/C=C(\C=C/C)n1c2ccccc2c2c1cc(\C=C1/C(=C\C=C\C)c3ccccc3C13C(=C/C=C)/C(=C\C)c1ccccc13)n2C. The summed E-state index contributed by atoms with van der Waals surface area (Å²) in [4.78, 5) is 0. The highest BCUT2D eigenvalue weighted by Crippen LogP contribution is 2.65. The highest BCUT2D eigenvalue weighted by molar-refractivity contribution is 6.11. The molecule has 1 unspecified atom stereocenters. The second kappa shape index (κ2) is 12.0. The van der Waals surface area contributed by atoms with Gasteiger partial charge in [-0.1, -0.05) is 128 Å². The third-order valence-electron chi connectivity index (χ3n) is 9.73. The Morgan fingerprint density at radius 2 is 1.40 bits per heavy atom. The lowest BCUT2D eigenvalue weighted by molar-refractivity contribution is 0.799. The van der Waals surface area contributed by atoms with Crippen molar-refractivity contribution in [1.82, 2.24) is 9.13 Å². The number of para-hydroxylation sites is 1. The van der Waals surface area contributed by atoms with Gasteiger partial charge in [0.2, 0.25) is 0 Å². The van der Waals surface area contributed by atoms with Gasteiger partial charge in [0.1, 0.15) is 0 Å². The number of hydrogen-bond donors (Lipinski definition) is 0. The van der Waals surface area contributed by atoms with Crippen LogP contribution in [0.3, 0.4) is 0 Å². The van der Waals surface area contributed by atoms with Gasteiger partial charge in [0.15, 0.2) is 0 Å². The average Bonchev–Trinajstić information content (AvgIpc) is 3.76. The van der Waals surface area contributed by atoms with E-state index in [0.717, 1.165) is 16.9 Å². The smallest absolute Gasteiger partial charge is 0.0748 e. The van der Waals surface area contributed by atoms with Crippen molar-refractivity contribution in [3.05, 3.63) is 192 Å². The normalized spacial score (nSPS) is 21.1. The van der Waals surface area contributed by atoms with E-state index in [4.69, 9.17) is 0 Å². The van der Waals surface area contributed by atoms with Crippen LogP contribution in [0.1, 0.15) is 48.7 Å². The summed E-state index contributed by atoms with van der Waals surface area (Å²) in [5, 5.41) is 1.22. The second-order valence-electron chi connectivity index (χ2n) is 12.1. The van der Waals surface area contributed by atoms with Crippen LogP contribution in [-0.4, -0.2) is 9.13 Å². The third-order valence-corrected chi connectivity index (χ3v) is 9.73. The summed E-state index contributed by atoms with van der Waals surface area (Å²) in [6.45, 7) is 14.5. The van der Waals surface area contributed by atoms with Crippen molar-refractivity contribution in [1.29, 1.82) is 0 Å². The van der Waals surface area contributed by atoms with Crippen LogP contribution in [0.2, 0.25) is 0 Å². The van der Waals surface area contributed by atoms with E-state index in [1.165, 1.54) is 61.0 Å². The summed E-state index contributed by atoms with van der Waals surface area (Å²) < 4.78 is 4.72. The maximum atomic E-state index is 4.19. The molecule has 3 aromatic carbocycles. The molecule has 47 heavy (non-hydrogen) atoms. The number of fused-ring (bicyclic) bond motifs is 7. The van der Waals surface area contributed by atoms with Crippen molar-refractivity contribution in [2.24, 2.45) is 7.05 Å². The topological polar surface area (TPSA) is 9.86 Å². The first-order valence-electron chi connectivity index (χ1n) is 16.4. The van der Waals surface area contributed by atoms with Crippen molar-refractivity contribution in [2.75, 3.05) is 0 Å². The summed E-state index contributed by atoms with van der Waals surface area (Å²) in [5.41, 5.74) is 15.4. The minimum Gasteiger partial charge on any atom is -0.342 e. The number of allylic oxidation sites excluding steroid dienone is 15. The van der Waals surface area contributed by atoms with Crippen LogP contribution < -0.4 is 0 Å². The zero-order chi connectivity index (χ0) is 32.7. The van der Waals surface area contributed by atoms with E-state index in [1.54, 1.807) is 0 Å². The molecule has 2 aliphatic rings. The molecular formula is C45H40N2. The summed E-state index contributed by atoms with van der Waals surface area (Å²) >= 11 is 0. The predicted molar refractivity (Wildman–Crippen MR) is 204 cm³/mol. The number of nitrogens with zero attached hydrogens (tertiary/aromatic N) is 2. The monoisotopic (exact) mass is 608 g/mol. The molecule has 0 N–H and O–H groups in total. The standard InChI is InChI=1S/C45H40N2/c1-7-12-22-36-35-24-14-17-27-40(35)45(38(21-10-4)33(11-5)34-23-13-16-26-39(34)45)41(36)29-32-30-43-44(46(32)6)37-25-15-18-28-42(37)47(43)31(19-8-2)20-9-3/h7-30H,2,4H2,1,3,5-6H3/b12-7+,20-9-,31-19+,33-11-,36-22-,38-21+,41-29+. The number of aromatic nitrogens is 2. The molecule has 2 aliphatic carbocycles. The number of hydrogen-bond acceptors (Lipinski definition) is 0. The fourth-order valence-electron chi connectivity index (χ4n) is 8.01. The molecule has 0 saturated carbocycles. The van der Waals surface area contributed by atoms with Crippen molar-refractivity contribution in [2.45, 2.75) is 26.2 Å². The lowest BCUT2D eigenvalue weighted by Gasteiger charge is -2.31. The minimum absolute atomic E-state index is 0.498. The van der Waals surface area contributed by atoms with Gasteiger partial charge in [-0.15, -0.1) is 0 Å². The zero-order valence-corrected chi connectivity index (χ0v) is 27.7. The van der Waals surface area contributed by atoms with Crippen LogP contribution in [-0.2, 0) is 12.5 Å². The Kier molecular flexibility index (Phi) is 7.66. The molecule has 2 heterocycles. The molecule has 2 aromatic heterocycles. The molecule has 7 rings (SSSR count). The Morgan fingerprint density at radius 3 is 2.06 bits per heavy atom. The van der Waals surface area contributed by atoms with Gasteiger partial charge in [-0.2, -0.15) is 0 Å². The van der Waals surface area contributed by atoms with Crippen LogP contribution in [0.5, 0.6) is 0 Å². The van der Waals surface area contributed by atoms with E-state index >= 15 is 0 Å². The highest BCUT2D eigenvalue weighted by atomic mass is 15.1. The summed E-state index contributed by atoms with van der Waals surface area (Å²) in [5.74, 6) is 0. The minimum atomic E-state index is -0.498. The van der Waals surface area contributed by atoms with E-state index in [1.807, 2.05) is 12.2 Å².